The molecule has 0 unspecified atom stereocenters. The molecule has 0 atom stereocenters. The van der Waals surface area contributed by atoms with Gasteiger partial charge in [0.15, 0.2) is 0 Å². The van der Waals surface area contributed by atoms with Crippen molar-refractivity contribution in [3.05, 3.63) is 64.7 Å². The maximum atomic E-state index is 12.0. The van der Waals surface area contributed by atoms with Crippen LogP contribution in [0.5, 0.6) is 0 Å². The predicted octanol–water partition coefficient (Wildman–Crippen LogP) is 3.62. The summed E-state index contributed by atoms with van der Waals surface area (Å²) in [6.45, 7) is 5.68. The summed E-state index contributed by atoms with van der Waals surface area (Å²) in [5.41, 5.74) is 4.34. The molecular weight excluding hydrogens is 278 g/mol. The van der Waals surface area contributed by atoms with Crippen molar-refractivity contribution >= 4 is 17.6 Å². The first-order chi connectivity index (χ1) is 10.5. The number of carbonyl (C=O) groups is 2. The lowest BCUT2D eigenvalue weighted by molar-refractivity contribution is -0.114. The second-order valence-corrected chi connectivity index (χ2v) is 5.26. The van der Waals surface area contributed by atoms with E-state index in [1.54, 1.807) is 24.3 Å². The van der Waals surface area contributed by atoms with Crippen molar-refractivity contribution in [1.82, 2.24) is 0 Å². The van der Waals surface area contributed by atoms with Crippen molar-refractivity contribution < 1.29 is 14.3 Å². The van der Waals surface area contributed by atoms with Crippen LogP contribution in [-0.2, 0) is 16.1 Å². The molecule has 0 spiro atoms. The van der Waals surface area contributed by atoms with E-state index in [2.05, 4.69) is 5.32 Å². The second kappa shape index (κ2) is 6.89. The number of rotatable bonds is 4. The molecule has 0 aliphatic rings. The summed E-state index contributed by atoms with van der Waals surface area (Å²) < 4.78 is 5.34. The highest BCUT2D eigenvalue weighted by atomic mass is 16.5. The Morgan fingerprint density at radius 1 is 1.05 bits per heavy atom. The maximum absolute atomic E-state index is 12.0. The molecule has 0 fully saturated rings. The van der Waals surface area contributed by atoms with Gasteiger partial charge in [-0.2, -0.15) is 0 Å². The Balaban J connectivity index is 2.00. The van der Waals surface area contributed by atoms with Gasteiger partial charge in [0.05, 0.1) is 5.56 Å². The predicted molar refractivity (Wildman–Crippen MR) is 85.8 cm³/mol. The maximum Gasteiger partial charge on any atom is 0.338 e. The van der Waals surface area contributed by atoms with Gasteiger partial charge in [-0.1, -0.05) is 23.8 Å². The molecule has 2 rings (SSSR count). The molecule has 0 saturated carbocycles. The van der Waals surface area contributed by atoms with Crippen LogP contribution in [0.25, 0.3) is 0 Å². The minimum atomic E-state index is -0.379. The average Bonchev–Trinajstić information content (AvgIpc) is 2.48. The van der Waals surface area contributed by atoms with Crippen LogP contribution in [0.3, 0.4) is 0 Å². The molecule has 0 aliphatic heterocycles. The monoisotopic (exact) mass is 297 g/mol. The van der Waals surface area contributed by atoms with E-state index in [0.29, 0.717) is 11.3 Å². The summed E-state index contributed by atoms with van der Waals surface area (Å²) in [5, 5.41) is 2.65. The van der Waals surface area contributed by atoms with Crippen LogP contribution >= 0.6 is 0 Å². The minimum absolute atomic E-state index is 0.148. The fourth-order valence-corrected chi connectivity index (χ4v) is 2.08. The number of ether oxygens (including phenoxy) is 1. The summed E-state index contributed by atoms with van der Waals surface area (Å²) in [4.78, 5) is 23.0. The van der Waals surface area contributed by atoms with Crippen molar-refractivity contribution in [3.8, 4) is 0 Å². The highest BCUT2D eigenvalue weighted by molar-refractivity contribution is 5.92. The number of anilines is 1. The number of aryl methyl sites for hydroxylation is 2. The first kappa shape index (κ1) is 15.8. The van der Waals surface area contributed by atoms with Crippen molar-refractivity contribution in [3.63, 3.8) is 0 Å². The van der Waals surface area contributed by atoms with Crippen LogP contribution in [0.2, 0.25) is 0 Å². The summed E-state index contributed by atoms with van der Waals surface area (Å²) in [6.07, 6.45) is 0. The van der Waals surface area contributed by atoms with Crippen LogP contribution in [0.15, 0.2) is 42.5 Å². The van der Waals surface area contributed by atoms with E-state index >= 15 is 0 Å². The molecule has 1 amide bonds. The second-order valence-electron chi connectivity index (χ2n) is 5.26. The third kappa shape index (κ3) is 4.19. The smallest absolute Gasteiger partial charge is 0.338 e. The van der Waals surface area contributed by atoms with E-state index in [1.165, 1.54) is 6.92 Å². The Morgan fingerprint density at radius 2 is 1.73 bits per heavy atom. The Morgan fingerprint density at radius 3 is 2.36 bits per heavy atom. The number of amides is 1. The molecule has 22 heavy (non-hydrogen) atoms. The summed E-state index contributed by atoms with van der Waals surface area (Å²) in [6, 6.07) is 12.7. The topological polar surface area (TPSA) is 55.4 Å². The number of benzene rings is 2. The van der Waals surface area contributed by atoms with Gasteiger partial charge in [-0.05, 0) is 49.2 Å². The van der Waals surface area contributed by atoms with Gasteiger partial charge in [0, 0.05) is 12.6 Å². The van der Waals surface area contributed by atoms with Gasteiger partial charge in [0.25, 0.3) is 0 Å². The van der Waals surface area contributed by atoms with E-state index in [1.807, 2.05) is 32.0 Å². The molecular formula is C18H19NO3. The third-order valence-corrected chi connectivity index (χ3v) is 3.30. The van der Waals surface area contributed by atoms with Crippen LogP contribution in [0.4, 0.5) is 5.69 Å². The molecule has 2 aromatic rings. The molecule has 0 bridgehead atoms. The highest BCUT2D eigenvalue weighted by Gasteiger charge is 2.09. The minimum Gasteiger partial charge on any atom is -0.457 e. The molecule has 4 nitrogen and oxygen atoms in total. The van der Waals surface area contributed by atoms with Crippen LogP contribution < -0.4 is 5.32 Å². The van der Waals surface area contributed by atoms with Crippen LogP contribution in [-0.4, -0.2) is 11.9 Å². The summed E-state index contributed by atoms with van der Waals surface area (Å²) in [7, 11) is 0. The third-order valence-electron chi connectivity index (χ3n) is 3.30. The number of nitrogens with one attached hydrogen (secondary N) is 1. The molecule has 0 aliphatic carbocycles. The van der Waals surface area contributed by atoms with E-state index in [-0.39, 0.29) is 18.5 Å². The quantitative estimate of drug-likeness (QED) is 0.877. The Labute approximate surface area is 130 Å². The fourth-order valence-electron chi connectivity index (χ4n) is 2.08. The Kier molecular flexibility index (Phi) is 4.94. The zero-order chi connectivity index (χ0) is 16.1. The summed E-state index contributed by atoms with van der Waals surface area (Å²) >= 11 is 0. The Bertz CT molecular complexity index is 690. The lowest BCUT2D eigenvalue weighted by Gasteiger charge is -2.09. The van der Waals surface area contributed by atoms with E-state index in [9.17, 15) is 9.59 Å². The van der Waals surface area contributed by atoms with E-state index in [0.717, 1.165) is 16.7 Å². The van der Waals surface area contributed by atoms with E-state index < -0.39 is 0 Å². The zero-order valence-electron chi connectivity index (χ0n) is 13.0. The molecule has 1 N–H and O–H groups in total. The van der Waals surface area contributed by atoms with Gasteiger partial charge in [-0.15, -0.1) is 0 Å². The van der Waals surface area contributed by atoms with Gasteiger partial charge >= 0.3 is 5.97 Å². The van der Waals surface area contributed by atoms with Gasteiger partial charge in [-0.3, -0.25) is 4.79 Å². The number of hydrogen-bond donors (Lipinski definition) is 1. The van der Waals surface area contributed by atoms with Crippen molar-refractivity contribution in [2.24, 2.45) is 0 Å². The molecule has 0 heterocycles. The Hall–Kier alpha value is -2.62. The van der Waals surface area contributed by atoms with Gasteiger partial charge in [0.1, 0.15) is 6.61 Å². The molecule has 114 valence electrons. The number of hydrogen-bond acceptors (Lipinski definition) is 3. The van der Waals surface area contributed by atoms with Crippen molar-refractivity contribution in [2.45, 2.75) is 27.4 Å². The first-order valence-corrected chi connectivity index (χ1v) is 7.06. The molecule has 2 aromatic carbocycles. The van der Waals surface area contributed by atoms with Crippen LogP contribution in [0.1, 0.15) is 34.0 Å². The van der Waals surface area contributed by atoms with E-state index in [4.69, 9.17) is 4.74 Å². The molecule has 0 aromatic heterocycles. The first-order valence-electron chi connectivity index (χ1n) is 7.06. The normalized spacial score (nSPS) is 10.1. The average molecular weight is 297 g/mol. The van der Waals surface area contributed by atoms with Crippen molar-refractivity contribution in [1.29, 1.82) is 0 Å². The highest BCUT2D eigenvalue weighted by Crippen LogP contribution is 2.14. The van der Waals surface area contributed by atoms with Gasteiger partial charge < -0.3 is 10.1 Å². The zero-order valence-corrected chi connectivity index (χ0v) is 13.0. The number of esters is 1. The number of carbonyl (C=O) groups excluding carboxylic acids is 2. The molecule has 4 heteroatoms. The fraction of sp³-hybridized carbons (Fsp3) is 0.222. The largest absolute Gasteiger partial charge is 0.457 e. The lowest BCUT2D eigenvalue weighted by atomic mass is 10.1. The lowest BCUT2D eigenvalue weighted by Crippen LogP contribution is -2.08. The standard InChI is InChI=1S/C18H19NO3/c1-12-4-5-13(2)16(10-12)11-22-18(21)15-6-8-17(9-7-15)19-14(3)20/h4-10H,11H2,1-3H3,(H,19,20). The van der Waals surface area contributed by atoms with Gasteiger partial charge in [0.2, 0.25) is 5.91 Å². The summed E-state index contributed by atoms with van der Waals surface area (Å²) in [5.74, 6) is -0.527. The van der Waals surface area contributed by atoms with Crippen LogP contribution in [0, 0.1) is 13.8 Å². The van der Waals surface area contributed by atoms with Crippen molar-refractivity contribution in [2.75, 3.05) is 5.32 Å². The molecule has 0 radical (unpaired) electrons. The SMILES string of the molecule is CC(=O)Nc1ccc(C(=O)OCc2cc(C)ccc2C)cc1. The molecule has 0 saturated heterocycles. The van der Waals surface area contributed by atoms with Gasteiger partial charge in [-0.25, -0.2) is 4.79 Å².